The number of hydrogen-bond donors (Lipinski definition) is 2. The van der Waals surface area contributed by atoms with Crippen LogP contribution in [0.4, 0.5) is 0 Å². The van der Waals surface area contributed by atoms with Crippen LogP contribution in [0.1, 0.15) is 12.8 Å². The van der Waals surface area contributed by atoms with Gasteiger partial charge in [0, 0.05) is 12.2 Å². The molecular formula is C11H13N3OS2. The van der Waals surface area contributed by atoms with Gasteiger partial charge in [0.1, 0.15) is 5.84 Å². The minimum atomic E-state index is 0.287. The first-order valence-corrected chi connectivity index (χ1v) is 7.04. The van der Waals surface area contributed by atoms with Crippen LogP contribution in [-0.4, -0.2) is 21.8 Å². The lowest BCUT2D eigenvalue weighted by atomic mass is 10.3. The van der Waals surface area contributed by atoms with Crippen LogP contribution in [-0.2, 0) is 0 Å². The highest BCUT2D eigenvalue weighted by Crippen LogP contribution is 2.29. The van der Waals surface area contributed by atoms with Crippen LogP contribution in [0, 0.1) is 0 Å². The van der Waals surface area contributed by atoms with E-state index in [9.17, 15) is 0 Å². The number of thioether (sulfide) groups is 1. The van der Waals surface area contributed by atoms with Gasteiger partial charge in [0.25, 0.3) is 0 Å². The largest absolute Gasteiger partial charge is 0.409 e. The van der Waals surface area contributed by atoms with Gasteiger partial charge in [-0.15, -0.1) is 11.3 Å². The van der Waals surface area contributed by atoms with Crippen molar-refractivity contribution in [2.24, 2.45) is 10.9 Å². The number of hydrogen-bond acceptors (Lipinski definition) is 5. The Labute approximate surface area is 108 Å². The van der Waals surface area contributed by atoms with E-state index in [1.54, 1.807) is 23.1 Å². The van der Waals surface area contributed by atoms with Crippen LogP contribution in [0.3, 0.4) is 0 Å². The number of nitrogens with zero attached hydrogens (tertiary/aromatic N) is 2. The maximum absolute atomic E-state index is 8.39. The van der Waals surface area contributed by atoms with Crippen molar-refractivity contribution in [2.45, 2.75) is 17.2 Å². The fourth-order valence-electron chi connectivity index (χ4n) is 1.38. The summed E-state index contributed by atoms with van der Waals surface area (Å²) in [7, 11) is 0. The molecule has 0 radical (unpaired) electrons. The topological polar surface area (TPSA) is 71.5 Å². The standard InChI is InChI=1S/C11H13N3OS2/c12-10(14-15)6-3-7-16-11-13-8-4-1-2-5-9(8)17-11/h1-2,4-5,15H,3,6-7H2,(H2,12,14). The maximum Gasteiger partial charge on any atom is 0.151 e. The second kappa shape index (κ2) is 5.88. The average molecular weight is 267 g/mol. The number of thiazole rings is 1. The smallest absolute Gasteiger partial charge is 0.151 e. The molecule has 0 amide bonds. The fraction of sp³-hybridized carbons (Fsp3) is 0.273. The van der Waals surface area contributed by atoms with Crippen LogP contribution in [0.2, 0.25) is 0 Å². The molecule has 4 nitrogen and oxygen atoms in total. The van der Waals surface area contributed by atoms with Crippen LogP contribution >= 0.6 is 23.1 Å². The number of aromatic nitrogens is 1. The monoisotopic (exact) mass is 267 g/mol. The lowest BCUT2D eigenvalue weighted by Gasteiger charge is -1.97. The molecule has 17 heavy (non-hydrogen) atoms. The van der Waals surface area contributed by atoms with Crippen molar-refractivity contribution >= 4 is 39.2 Å². The molecular weight excluding hydrogens is 254 g/mol. The SMILES string of the molecule is N/C(CCCSc1nc2ccccc2s1)=N\O. The molecule has 90 valence electrons. The van der Waals surface area contributed by atoms with Gasteiger partial charge in [-0.2, -0.15) is 0 Å². The summed E-state index contributed by atoms with van der Waals surface area (Å²) in [5.74, 6) is 1.21. The molecule has 0 fully saturated rings. The minimum Gasteiger partial charge on any atom is -0.409 e. The molecule has 0 aliphatic rings. The molecule has 3 N–H and O–H groups in total. The Kier molecular flexibility index (Phi) is 4.22. The third kappa shape index (κ3) is 3.34. The summed E-state index contributed by atoms with van der Waals surface area (Å²) >= 11 is 3.42. The summed E-state index contributed by atoms with van der Waals surface area (Å²) in [5.41, 5.74) is 6.44. The molecule has 0 saturated carbocycles. The quantitative estimate of drug-likeness (QED) is 0.218. The number of amidine groups is 1. The van der Waals surface area contributed by atoms with Gasteiger partial charge >= 0.3 is 0 Å². The Morgan fingerprint density at radius 2 is 2.29 bits per heavy atom. The zero-order chi connectivity index (χ0) is 12.1. The lowest BCUT2D eigenvalue weighted by molar-refractivity contribution is 0.317. The van der Waals surface area contributed by atoms with Crippen molar-refractivity contribution in [3.63, 3.8) is 0 Å². The normalized spacial score (nSPS) is 12.1. The summed E-state index contributed by atoms with van der Waals surface area (Å²) in [4.78, 5) is 4.52. The van der Waals surface area contributed by atoms with Gasteiger partial charge in [-0.25, -0.2) is 4.98 Å². The Morgan fingerprint density at radius 1 is 1.47 bits per heavy atom. The van der Waals surface area contributed by atoms with Crippen molar-refractivity contribution in [2.75, 3.05) is 5.75 Å². The second-order valence-electron chi connectivity index (χ2n) is 3.49. The maximum atomic E-state index is 8.39. The van der Waals surface area contributed by atoms with E-state index >= 15 is 0 Å². The molecule has 1 heterocycles. The third-order valence-corrected chi connectivity index (χ3v) is 4.47. The van der Waals surface area contributed by atoms with E-state index in [1.807, 2.05) is 18.2 Å². The zero-order valence-electron chi connectivity index (χ0n) is 9.17. The molecule has 0 spiro atoms. The van der Waals surface area contributed by atoms with E-state index in [4.69, 9.17) is 10.9 Å². The van der Waals surface area contributed by atoms with Crippen molar-refractivity contribution < 1.29 is 5.21 Å². The molecule has 1 aromatic carbocycles. The first-order valence-electron chi connectivity index (χ1n) is 5.24. The predicted octanol–water partition coefficient (Wildman–Crippen LogP) is 2.92. The zero-order valence-corrected chi connectivity index (χ0v) is 10.8. The van der Waals surface area contributed by atoms with E-state index < -0.39 is 0 Å². The summed E-state index contributed by atoms with van der Waals surface area (Å²) in [6.07, 6.45) is 1.50. The highest BCUT2D eigenvalue weighted by atomic mass is 32.2. The van der Waals surface area contributed by atoms with Gasteiger partial charge in [0.15, 0.2) is 4.34 Å². The molecule has 0 aliphatic heterocycles. The van der Waals surface area contributed by atoms with Gasteiger partial charge in [-0.05, 0) is 18.6 Å². The predicted molar refractivity (Wildman–Crippen MR) is 73.0 cm³/mol. The molecule has 2 aromatic rings. The molecule has 0 bridgehead atoms. The van der Waals surface area contributed by atoms with E-state index in [2.05, 4.69) is 16.2 Å². The lowest BCUT2D eigenvalue weighted by Crippen LogP contribution is -2.11. The molecule has 0 aliphatic carbocycles. The Balaban J connectivity index is 1.87. The van der Waals surface area contributed by atoms with Crippen molar-refractivity contribution in [3.8, 4) is 0 Å². The number of nitrogens with two attached hydrogens (primary N) is 1. The van der Waals surface area contributed by atoms with Gasteiger partial charge < -0.3 is 10.9 Å². The van der Waals surface area contributed by atoms with Crippen molar-refractivity contribution in [1.82, 2.24) is 4.98 Å². The molecule has 0 atom stereocenters. The van der Waals surface area contributed by atoms with Crippen LogP contribution in [0.15, 0.2) is 33.8 Å². The van der Waals surface area contributed by atoms with Gasteiger partial charge in [-0.1, -0.05) is 29.1 Å². The van der Waals surface area contributed by atoms with E-state index in [-0.39, 0.29) is 5.84 Å². The number of rotatable bonds is 5. The van der Waals surface area contributed by atoms with E-state index in [0.717, 1.165) is 22.0 Å². The van der Waals surface area contributed by atoms with E-state index in [0.29, 0.717) is 6.42 Å². The minimum absolute atomic E-state index is 0.287. The number of oxime groups is 1. The highest BCUT2D eigenvalue weighted by Gasteiger charge is 2.03. The highest BCUT2D eigenvalue weighted by molar-refractivity contribution is 8.01. The average Bonchev–Trinajstić information content (AvgIpc) is 2.76. The van der Waals surface area contributed by atoms with Crippen molar-refractivity contribution in [3.05, 3.63) is 24.3 Å². The van der Waals surface area contributed by atoms with Crippen LogP contribution in [0.25, 0.3) is 10.2 Å². The molecule has 0 saturated heterocycles. The van der Waals surface area contributed by atoms with E-state index in [1.165, 1.54) is 4.70 Å². The van der Waals surface area contributed by atoms with Crippen LogP contribution < -0.4 is 5.73 Å². The Hall–Kier alpha value is -1.27. The Morgan fingerprint density at radius 3 is 3.06 bits per heavy atom. The second-order valence-corrected chi connectivity index (χ2v) is 5.86. The first-order chi connectivity index (χ1) is 8.29. The first kappa shape index (κ1) is 12.2. The third-order valence-electron chi connectivity index (χ3n) is 2.21. The molecule has 1 aromatic heterocycles. The van der Waals surface area contributed by atoms with Gasteiger partial charge in [0.2, 0.25) is 0 Å². The summed E-state index contributed by atoms with van der Waals surface area (Å²) in [6.45, 7) is 0. The number of benzene rings is 1. The Bertz CT molecular complexity index is 491. The summed E-state index contributed by atoms with van der Waals surface area (Å²) in [6, 6.07) is 8.11. The van der Waals surface area contributed by atoms with Crippen molar-refractivity contribution in [1.29, 1.82) is 0 Å². The van der Waals surface area contributed by atoms with Crippen LogP contribution in [0.5, 0.6) is 0 Å². The number of fused-ring (bicyclic) bond motifs is 1. The van der Waals surface area contributed by atoms with Gasteiger partial charge in [0.05, 0.1) is 10.2 Å². The fourth-order valence-corrected chi connectivity index (χ4v) is 3.45. The molecule has 0 unspecified atom stereocenters. The number of para-hydroxylation sites is 1. The summed E-state index contributed by atoms with van der Waals surface area (Å²) < 4.78 is 2.29. The summed E-state index contributed by atoms with van der Waals surface area (Å²) in [5, 5.41) is 11.3. The van der Waals surface area contributed by atoms with Gasteiger partial charge in [-0.3, -0.25) is 0 Å². The molecule has 6 heteroatoms. The molecule has 2 rings (SSSR count).